The molecule has 1 saturated carbocycles. The Hall–Kier alpha value is -0.860. The smallest absolute Gasteiger partial charge is 0.0327 e. The summed E-state index contributed by atoms with van der Waals surface area (Å²) in [7, 11) is 4.47. The van der Waals surface area contributed by atoms with Gasteiger partial charge in [-0.1, -0.05) is 43.2 Å². The number of rotatable bonds is 7. The van der Waals surface area contributed by atoms with Crippen molar-refractivity contribution >= 4 is 0 Å². The molecule has 0 atom stereocenters. The summed E-state index contributed by atoms with van der Waals surface area (Å²) < 4.78 is 0. The first-order chi connectivity index (χ1) is 9.23. The van der Waals surface area contributed by atoms with E-state index < -0.39 is 0 Å². The van der Waals surface area contributed by atoms with Crippen molar-refractivity contribution in [3.63, 3.8) is 0 Å². The van der Waals surface area contributed by atoms with Crippen LogP contribution in [0.5, 0.6) is 0 Å². The molecule has 0 amide bonds. The van der Waals surface area contributed by atoms with E-state index in [-0.39, 0.29) is 0 Å². The fourth-order valence-electron chi connectivity index (χ4n) is 3.20. The number of hydrogen-bond acceptors (Lipinski definition) is 2. The van der Waals surface area contributed by atoms with Crippen molar-refractivity contribution < 1.29 is 0 Å². The van der Waals surface area contributed by atoms with E-state index in [1.807, 2.05) is 0 Å². The predicted molar refractivity (Wildman–Crippen MR) is 82.5 cm³/mol. The Kier molecular flexibility index (Phi) is 5.41. The van der Waals surface area contributed by atoms with Crippen LogP contribution in [-0.4, -0.2) is 37.6 Å². The number of nitrogens with zero attached hydrogens (tertiary/aromatic N) is 1. The zero-order valence-corrected chi connectivity index (χ0v) is 12.5. The first-order valence-corrected chi connectivity index (χ1v) is 7.65. The molecule has 2 heteroatoms. The SMILES string of the molecule is CN(C)C1(CNCCCc2ccccc2)CCCC1. The Morgan fingerprint density at radius 2 is 1.79 bits per heavy atom. The van der Waals surface area contributed by atoms with Gasteiger partial charge >= 0.3 is 0 Å². The van der Waals surface area contributed by atoms with Gasteiger partial charge in [-0.05, 0) is 51.9 Å². The number of hydrogen-bond donors (Lipinski definition) is 1. The Morgan fingerprint density at radius 3 is 2.42 bits per heavy atom. The van der Waals surface area contributed by atoms with Crippen molar-refractivity contribution in [2.75, 3.05) is 27.2 Å². The lowest BCUT2D eigenvalue weighted by Crippen LogP contribution is -2.49. The van der Waals surface area contributed by atoms with Gasteiger partial charge in [0.1, 0.15) is 0 Å². The van der Waals surface area contributed by atoms with Crippen LogP contribution in [0.1, 0.15) is 37.7 Å². The molecule has 0 saturated heterocycles. The van der Waals surface area contributed by atoms with E-state index in [1.165, 1.54) is 44.1 Å². The zero-order valence-electron chi connectivity index (χ0n) is 12.5. The molecule has 0 spiro atoms. The monoisotopic (exact) mass is 260 g/mol. The van der Waals surface area contributed by atoms with Gasteiger partial charge in [0.05, 0.1) is 0 Å². The second kappa shape index (κ2) is 7.06. The molecule has 0 aliphatic heterocycles. The lowest BCUT2D eigenvalue weighted by atomic mass is 9.96. The molecule has 0 heterocycles. The summed E-state index contributed by atoms with van der Waals surface area (Å²) in [5, 5.41) is 3.68. The van der Waals surface area contributed by atoms with Crippen molar-refractivity contribution in [3.05, 3.63) is 35.9 Å². The third-order valence-electron chi connectivity index (χ3n) is 4.60. The molecular formula is C17H28N2. The largest absolute Gasteiger partial charge is 0.315 e. The predicted octanol–water partition coefficient (Wildman–Crippen LogP) is 3.08. The Labute approximate surface area is 118 Å². The Morgan fingerprint density at radius 1 is 1.11 bits per heavy atom. The van der Waals surface area contributed by atoms with E-state index in [4.69, 9.17) is 0 Å². The lowest BCUT2D eigenvalue weighted by Gasteiger charge is -2.36. The maximum Gasteiger partial charge on any atom is 0.0327 e. The molecule has 0 bridgehead atoms. The van der Waals surface area contributed by atoms with Crippen molar-refractivity contribution in [2.24, 2.45) is 0 Å². The van der Waals surface area contributed by atoms with Gasteiger partial charge in [-0.2, -0.15) is 0 Å². The zero-order chi connectivity index (χ0) is 13.6. The highest BCUT2D eigenvalue weighted by Crippen LogP contribution is 2.32. The summed E-state index contributed by atoms with van der Waals surface area (Å²) in [5.41, 5.74) is 1.87. The van der Waals surface area contributed by atoms with Gasteiger partial charge in [0, 0.05) is 12.1 Å². The van der Waals surface area contributed by atoms with E-state index in [1.54, 1.807) is 0 Å². The maximum absolute atomic E-state index is 3.68. The quantitative estimate of drug-likeness (QED) is 0.758. The second-order valence-corrected chi connectivity index (χ2v) is 6.09. The summed E-state index contributed by atoms with van der Waals surface area (Å²) in [5.74, 6) is 0. The second-order valence-electron chi connectivity index (χ2n) is 6.09. The Bertz CT molecular complexity index is 353. The minimum absolute atomic E-state index is 0.423. The third kappa shape index (κ3) is 4.05. The highest BCUT2D eigenvalue weighted by atomic mass is 15.2. The van der Waals surface area contributed by atoms with Crippen molar-refractivity contribution in [3.8, 4) is 0 Å². The van der Waals surface area contributed by atoms with Gasteiger partial charge in [-0.3, -0.25) is 0 Å². The van der Waals surface area contributed by atoms with Crippen LogP contribution in [-0.2, 0) is 6.42 Å². The molecule has 1 aromatic carbocycles. The van der Waals surface area contributed by atoms with Crippen molar-refractivity contribution in [1.82, 2.24) is 10.2 Å². The molecular weight excluding hydrogens is 232 g/mol. The molecule has 1 aliphatic rings. The maximum atomic E-state index is 3.68. The van der Waals surface area contributed by atoms with Crippen LogP contribution in [0.15, 0.2) is 30.3 Å². The van der Waals surface area contributed by atoms with Crippen molar-refractivity contribution in [2.45, 2.75) is 44.1 Å². The van der Waals surface area contributed by atoms with Crippen molar-refractivity contribution in [1.29, 1.82) is 0 Å². The van der Waals surface area contributed by atoms with Crippen LogP contribution in [0, 0.1) is 0 Å². The standard InChI is InChI=1S/C17H28N2/c1-19(2)17(12-6-7-13-17)15-18-14-8-11-16-9-4-3-5-10-16/h3-5,9-10,18H,6-8,11-15H2,1-2H3. The van der Waals surface area contributed by atoms with Gasteiger partial charge in [0.2, 0.25) is 0 Å². The molecule has 106 valence electrons. The fourth-order valence-corrected chi connectivity index (χ4v) is 3.20. The lowest BCUT2D eigenvalue weighted by molar-refractivity contribution is 0.154. The minimum Gasteiger partial charge on any atom is -0.315 e. The van der Waals surface area contributed by atoms with Crippen LogP contribution in [0.3, 0.4) is 0 Å². The topological polar surface area (TPSA) is 15.3 Å². The van der Waals surface area contributed by atoms with E-state index in [9.17, 15) is 0 Å². The molecule has 2 rings (SSSR count). The van der Waals surface area contributed by atoms with Gasteiger partial charge in [0.15, 0.2) is 0 Å². The third-order valence-corrected chi connectivity index (χ3v) is 4.60. The molecule has 0 unspecified atom stereocenters. The highest BCUT2D eigenvalue weighted by Gasteiger charge is 2.35. The van der Waals surface area contributed by atoms with Crippen LogP contribution < -0.4 is 5.32 Å². The van der Waals surface area contributed by atoms with Crippen LogP contribution in [0.4, 0.5) is 0 Å². The summed E-state index contributed by atoms with van der Waals surface area (Å²) in [6, 6.07) is 10.8. The fraction of sp³-hybridized carbons (Fsp3) is 0.647. The number of benzene rings is 1. The summed E-state index contributed by atoms with van der Waals surface area (Å²) >= 11 is 0. The molecule has 1 aromatic rings. The average molecular weight is 260 g/mol. The first kappa shape index (κ1) is 14.5. The Balaban J connectivity index is 1.66. The van der Waals surface area contributed by atoms with Gasteiger partial charge in [-0.15, -0.1) is 0 Å². The number of aryl methyl sites for hydroxylation is 1. The highest BCUT2D eigenvalue weighted by molar-refractivity contribution is 5.14. The van der Waals surface area contributed by atoms with E-state index >= 15 is 0 Å². The number of likely N-dealkylation sites (N-methyl/N-ethyl adjacent to an activating group) is 1. The summed E-state index contributed by atoms with van der Waals surface area (Å²) in [4.78, 5) is 2.43. The molecule has 1 aliphatic carbocycles. The van der Waals surface area contributed by atoms with Gasteiger partial charge in [-0.25, -0.2) is 0 Å². The normalized spacial score (nSPS) is 18.1. The summed E-state index contributed by atoms with van der Waals surface area (Å²) in [6.07, 6.45) is 7.90. The first-order valence-electron chi connectivity index (χ1n) is 7.65. The van der Waals surface area contributed by atoms with Crippen LogP contribution in [0.25, 0.3) is 0 Å². The van der Waals surface area contributed by atoms with E-state index in [0.29, 0.717) is 5.54 Å². The molecule has 1 fully saturated rings. The molecule has 19 heavy (non-hydrogen) atoms. The molecule has 0 aromatic heterocycles. The van der Waals surface area contributed by atoms with Crippen LogP contribution in [0.2, 0.25) is 0 Å². The van der Waals surface area contributed by atoms with E-state index in [2.05, 4.69) is 54.6 Å². The van der Waals surface area contributed by atoms with E-state index in [0.717, 1.165) is 13.1 Å². The van der Waals surface area contributed by atoms with Gasteiger partial charge < -0.3 is 10.2 Å². The summed E-state index contributed by atoms with van der Waals surface area (Å²) in [6.45, 7) is 2.28. The van der Waals surface area contributed by atoms with Crippen LogP contribution >= 0.6 is 0 Å². The number of nitrogens with one attached hydrogen (secondary N) is 1. The molecule has 1 N–H and O–H groups in total. The minimum atomic E-state index is 0.423. The molecule has 2 nitrogen and oxygen atoms in total. The van der Waals surface area contributed by atoms with Gasteiger partial charge in [0.25, 0.3) is 0 Å². The molecule has 0 radical (unpaired) electrons. The average Bonchev–Trinajstić information content (AvgIpc) is 2.90.